The van der Waals surface area contributed by atoms with Crippen LogP contribution in [0.25, 0.3) is 0 Å². The maximum atomic E-state index is 5.66. The van der Waals surface area contributed by atoms with Crippen LogP contribution in [0.15, 0.2) is 0 Å². The lowest BCUT2D eigenvalue weighted by Gasteiger charge is -2.50. The molecule has 2 aliphatic rings. The number of nitrogens with zero attached hydrogens (tertiary/aromatic N) is 1. The van der Waals surface area contributed by atoms with E-state index >= 15 is 0 Å². The first-order chi connectivity index (χ1) is 8.63. The molecule has 0 radical (unpaired) electrons. The van der Waals surface area contributed by atoms with Crippen molar-refractivity contribution in [3.63, 3.8) is 0 Å². The van der Waals surface area contributed by atoms with Crippen molar-refractivity contribution in [2.75, 3.05) is 34.4 Å². The molecule has 18 heavy (non-hydrogen) atoms. The van der Waals surface area contributed by atoms with Crippen LogP contribution in [0.4, 0.5) is 0 Å². The van der Waals surface area contributed by atoms with Crippen LogP contribution in [0.1, 0.15) is 32.6 Å². The minimum absolute atomic E-state index is 0.226. The van der Waals surface area contributed by atoms with Crippen LogP contribution in [-0.2, 0) is 9.47 Å². The molecule has 0 aromatic rings. The Hall–Kier alpha value is -0.160. The third kappa shape index (κ3) is 2.57. The van der Waals surface area contributed by atoms with E-state index in [0.717, 1.165) is 19.6 Å². The zero-order valence-electron chi connectivity index (χ0n) is 12.2. The van der Waals surface area contributed by atoms with Crippen molar-refractivity contribution < 1.29 is 9.47 Å². The number of hydrogen-bond acceptors (Lipinski definition) is 4. The molecule has 2 rings (SSSR count). The zero-order valence-corrected chi connectivity index (χ0v) is 12.2. The molecule has 1 N–H and O–H groups in total. The predicted molar refractivity (Wildman–Crippen MR) is 72.9 cm³/mol. The third-order valence-electron chi connectivity index (χ3n) is 4.83. The van der Waals surface area contributed by atoms with Crippen LogP contribution in [0.3, 0.4) is 0 Å². The number of likely N-dealkylation sites (N-methyl/N-ethyl adjacent to an activating group) is 1. The van der Waals surface area contributed by atoms with Crippen molar-refractivity contribution in [1.29, 1.82) is 0 Å². The molecule has 0 aliphatic heterocycles. The first kappa shape index (κ1) is 14.3. The second-order valence-corrected chi connectivity index (χ2v) is 5.89. The lowest BCUT2D eigenvalue weighted by molar-refractivity contribution is -0.133. The summed E-state index contributed by atoms with van der Waals surface area (Å²) in [6.07, 6.45) is 5.58. The molecule has 3 atom stereocenters. The summed E-state index contributed by atoms with van der Waals surface area (Å²) < 4.78 is 11.2. The maximum Gasteiger partial charge on any atom is 0.0986 e. The van der Waals surface area contributed by atoms with Gasteiger partial charge in [-0.25, -0.2) is 0 Å². The summed E-state index contributed by atoms with van der Waals surface area (Å²) in [4.78, 5) is 2.38. The van der Waals surface area contributed by atoms with Gasteiger partial charge >= 0.3 is 0 Å². The SMILES string of the molecule is CCOC1CC(NCC2(N(C)C)CCC2)C1OC. The molecule has 0 amide bonds. The van der Waals surface area contributed by atoms with Gasteiger partial charge in [0.25, 0.3) is 0 Å². The Morgan fingerprint density at radius 2 is 2.06 bits per heavy atom. The highest BCUT2D eigenvalue weighted by atomic mass is 16.5. The van der Waals surface area contributed by atoms with Crippen LogP contribution >= 0.6 is 0 Å². The van der Waals surface area contributed by atoms with E-state index in [4.69, 9.17) is 9.47 Å². The zero-order chi connectivity index (χ0) is 13.2. The van der Waals surface area contributed by atoms with E-state index in [-0.39, 0.29) is 12.2 Å². The Morgan fingerprint density at radius 1 is 1.33 bits per heavy atom. The van der Waals surface area contributed by atoms with Crippen molar-refractivity contribution in [2.24, 2.45) is 0 Å². The molecule has 0 saturated heterocycles. The largest absolute Gasteiger partial charge is 0.377 e. The van der Waals surface area contributed by atoms with Gasteiger partial charge in [0.15, 0.2) is 0 Å². The second kappa shape index (κ2) is 5.87. The Labute approximate surface area is 111 Å². The summed E-state index contributed by atoms with van der Waals surface area (Å²) in [6.45, 7) is 3.89. The summed E-state index contributed by atoms with van der Waals surface area (Å²) in [5, 5.41) is 3.69. The quantitative estimate of drug-likeness (QED) is 0.743. The average Bonchev–Trinajstić information content (AvgIpc) is 2.24. The number of hydrogen-bond donors (Lipinski definition) is 1. The van der Waals surface area contributed by atoms with Gasteiger partial charge in [0, 0.05) is 31.8 Å². The molecule has 2 saturated carbocycles. The van der Waals surface area contributed by atoms with Gasteiger partial charge in [-0.15, -0.1) is 0 Å². The number of ether oxygens (including phenoxy) is 2. The Kier molecular flexibility index (Phi) is 4.64. The van der Waals surface area contributed by atoms with E-state index in [9.17, 15) is 0 Å². The van der Waals surface area contributed by atoms with Gasteiger partial charge in [0.05, 0.1) is 12.2 Å². The van der Waals surface area contributed by atoms with Crippen LogP contribution in [-0.4, -0.2) is 63.0 Å². The van der Waals surface area contributed by atoms with Crippen molar-refractivity contribution in [3.05, 3.63) is 0 Å². The summed E-state index contributed by atoms with van der Waals surface area (Å²) in [7, 11) is 6.17. The van der Waals surface area contributed by atoms with E-state index in [1.54, 1.807) is 7.11 Å². The van der Waals surface area contributed by atoms with E-state index < -0.39 is 0 Å². The van der Waals surface area contributed by atoms with E-state index in [1.807, 2.05) is 6.92 Å². The Bertz CT molecular complexity index is 267. The summed E-state index contributed by atoms with van der Waals surface area (Å²) in [6, 6.07) is 0.462. The van der Waals surface area contributed by atoms with Gasteiger partial charge in [0.2, 0.25) is 0 Å². The van der Waals surface area contributed by atoms with E-state index in [0.29, 0.717) is 11.6 Å². The van der Waals surface area contributed by atoms with Crippen molar-refractivity contribution in [3.8, 4) is 0 Å². The highest BCUT2D eigenvalue weighted by Crippen LogP contribution is 2.36. The van der Waals surface area contributed by atoms with Gasteiger partial charge in [-0.05, 0) is 46.7 Å². The molecule has 0 bridgehead atoms. The second-order valence-electron chi connectivity index (χ2n) is 5.89. The molecule has 0 heterocycles. The fraction of sp³-hybridized carbons (Fsp3) is 1.00. The summed E-state index contributed by atoms with van der Waals surface area (Å²) in [5.41, 5.74) is 0.384. The molecule has 4 heteroatoms. The maximum absolute atomic E-state index is 5.66. The molecule has 0 aromatic heterocycles. The third-order valence-corrected chi connectivity index (χ3v) is 4.83. The minimum Gasteiger partial charge on any atom is -0.377 e. The normalized spacial score (nSPS) is 34.2. The molecule has 2 fully saturated rings. The molecule has 0 spiro atoms. The number of rotatable bonds is 7. The van der Waals surface area contributed by atoms with Gasteiger partial charge in [-0.1, -0.05) is 0 Å². The predicted octanol–water partition coefficient (Wildman–Crippen LogP) is 1.25. The van der Waals surface area contributed by atoms with Crippen LogP contribution in [0.2, 0.25) is 0 Å². The molecule has 106 valence electrons. The summed E-state index contributed by atoms with van der Waals surface area (Å²) in [5.74, 6) is 0. The highest BCUT2D eigenvalue weighted by molar-refractivity contribution is 5.02. The first-order valence-corrected chi connectivity index (χ1v) is 7.18. The fourth-order valence-corrected chi connectivity index (χ4v) is 3.16. The van der Waals surface area contributed by atoms with Crippen LogP contribution < -0.4 is 5.32 Å². The summed E-state index contributed by atoms with van der Waals surface area (Å²) >= 11 is 0. The molecule has 3 unspecified atom stereocenters. The van der Waals surface area contributed by atoms with Gasteiger partial charge in [-0.3, -0.25) is 0 Å². The smallest absolute Gasteiger partial charge is 0.0986 e. The van der Waals surface area contributed by atoms with E-state index in [1.165, 1.54) is 19.3 Å². The van der Waals surface area contributed by atoms with Gasteiger partial charge < -0.3 is 19.7 Å². The number of methoxy groups -OCH3 is 1. The van der Waals surface area contributed by atoms with Crippen LogP contribution in [0, 0.1) is 0 Å². The molecular formula is C14H28N2O2. The standard InChI is InChI=1S/C14H28N2O2/c1-5-18-12-9-11(13(12)17-4)15-10-14(16(2)3)7-6-8-14/h11-13,15H,5-10H2,1-4H3. The average molecular weight is 256 g/mol. The lowest BCUT2D eigenvalue weighted by Crippen LogP contribution is -2.64. The molecular weight excluding hydrogens is 228 g/mol. The minimum atomic E-state index is 0.226. The van der Waals surface area contributed by atoms with Gasteiger partial charge in [-0.2, -0.15) is 0 Å². The molecule has 2 aliphatic carbocycles. The lowest BCUT2D eigenvalue weighted by atomic mass is 9.74. The van der Waals surface area contributed by atoms with Crippen molar-refractivity contribution in [2.45, 2.75) is 56.4 Å². The Balaban J connectivity index is 1.77. The topological polar surface area (TPSA) is 33.7 Å². The monoisotopic (exact) mass is 256 g/mol. The fourth-order valence-electron chi connectivity index (χ4n) is 3.16. The van der Waals surface area contributed by atoms with Crippen molar-refractivity contribution in [1.82, 2.24) is 10.2 Å². The van der Waals surface area contributed by atoms with E-state index in [2.05, 4.69) is 24.3 Å². The molecule has 0 aromatic carbocycles. The van der Waals surface area contributed by atoms with Crippen molar-refractivity contribution >= 4 is 0 Å². The molecule has 4 nitrogen and oxygen atoms in total. The van der Waals surface area contributed by atoms with Crippen LogP contribution in [0.5, 0.6) is 0 Å². The number of nitrogens with one attached hydrogen (secondary N) is 1. The van der Waals surface area contributed by atoms with Gasteiger partial charge in [0.1, 0.15) is 0 Å². The highest BCUT2D eigenvalue weighted by Gasteiger charge is 2.45. The Morgan fingerprint density at radius 3 is 2.50 bits per heavy atom. The first-order valence-electron chi connectivity index (χ1n) is 7.18.